The number of carbonyl (C=O) groups is 1. The van der Waals surface area contributed by atoms with Gasteiger partial charge in [-0.1, -0.05) is 22.0 Å². The molecule has 0 amide bonds. The predicted molar refractivity (Wildman–Crippen MR) is 65.9 cm³/mol. The minimum absolute atomic E-state index is 0.169. The molecule has 1 aromatic carbocycles. The van der Waals surface area contributed by atoms with Gasteiger partial charge >= 0.3 is 0 Å². The van der Waals surface area contributed by atoms with E-state index in [4.69, 9.17) is 0 Å². The highest BCUT2D eigenvalue weighted by Crippen LogP contribution is 2.17. The van der Waals surface area contributed by atoms with Gasteiger partial charge in [0.1, 0.15) is 0 Å². The van der Waals surface area contributed by atoms with Gasteiger partial charge in [0.15, 0.2) is 5.78 Å². The molecular weight excluding hydrogens is 252 g/mol. The molecule has 2 heteroatoms. The van der Waals surface area contributed by atoms with Gasteiger partial charge in [-0.05, 0) is 31.5 Å². The third kappa shape index (κ3) is 3.53. The standard InChI is InChI=1S/C13H13BrO/c1-3-4-5-6-13(15)12-8-7-11(14)9-10(12)2/h7-9H,5-6H2,1-2H3. The van der Waals surface area contributed by atoms with Crippen molar-refractivity contribution in [3.63, 3.8) is 0 Å². The number of hydrogen-bond acceptors (Lipinski definition) is 1. The fourth-order valence-electron chi connectivity index (χ4n) is 1.38. The second kappa shape index (κ2) is 5.72. The van der Waals surface area contributed by atoms with Gasteiger partial charge in [0, 0.05) is 22.9 Å². The SMILES string of the molecule is CC#CCCC(=O)c1ccc(Br)cc1C. The minimum Gasteiger partial charge on any atom is -0.294 e. The summed E-state index contributed by atoms with van der Waals surface area (Å²) >= 11 is 3.38. The van der Waals surface area contributed by atoms with Crippen LogP contribution in [0.25, 0.3) is 0 Å². The van der Waals surface area contributed by atoms with E-state index in [0.29, 0.717) is 12.8 Å². The molecule has 0 bridgehead atoms. The van der Waals surface area contributed by atoms with Crippen LogP contribution in [0.2, 0.25) is 0 Å². The number of Topliss-reactive ketones (excluding diaryl/α,β-unsaturated/α-hetero) is 1. The molecule has 0 saturated carbocycles. The Hall–Kier alpha value is -1.07. The quantitative estimate of drug-likeness (QED) is 0.601. The molecule has 0 aromatic heterocycles. The van der Waals surface area contributed by atoms with Gasteiger partial charge in [0.25, 0.3) is 0 Å². The summed E-state index contributed by atoms with van der Waals surface area (Å²) in [6, 6.07) is 5.71. The first-order valence-electron chi connectivity index (χ1n) is 4.84. The fraction of sp³-hybridized carbons (Fsp3) is 0.308. The molecule has 0 heterocycles. The zero-order chi connectivity index (χ0) is 11.3. The Labute approximate surface area is 99.0 Å². The smallest absolute Gasteiger partial charge is 0.164 e. The number of halogens is 1. The average Bonchev–Trinajstić information content (AvgIpc) is 2.17. The summed E-state index contributed by atoms with van der Waals surface area (Å²) in [7, 11) is 0. The molecule has 1 nitrogen and oxygen atoms in total. The predicted octanol–water partition coefficient (Wildman–Crippen LogP) is 3.74. The Morgan fingerprint density at radius 3 is 2.80 bits per heavy atom. The van der Waals surface area contributed by atoms with Crippen molar-refractivity contribution in [3.05, 3.63) is 33.8 Å². The molecule has 0 aliphatic rings. The largest absolute Gasteiger partial charge is 0.294 e. The van der Waals surface area contributed by atoms with Crippen molar-refractivity contribution >= 4 is 21.7 Å². The highest BCUT2D eigenvalue weighted by atomic mass is 79.9. The summed E-state index contributed by atoms with van der Waals surface area (Å²) in [6.07, 6.45) is 1.15. The monoisotopic (exact) mass is 264 g/mol. The Morgan fingerprint density at radius 2 is 2.20 bits per heavy atom. The molecule has 0 N–H and O–H groups in total. The number of hydrogen-bond donors (Lipinski definition) is 0. The summed E-state index contributed by atoms with van der Waals surface area (Å²) in [6.45, 7) is 3.73. The molecule has 0 radical (unpaired) electrons. The summed E-state index contributed by atoms with van der Waals surface area (Å²) in [5.74, 6) is 5.86. The van der Waals surface area contributed by atoms with Crippen LogP contribution >= 0.6 is 15.9 Å². The topological polar surface area (TPSA) is 17.1 Å². The summed E-state index contributed by atoms with van der Waals surface area (Å²) in [5, 5.41) is 0. The molecule has 0 spiro atoms. The van der Waals surface area contributed by atoms with Crippen molar-refractivity contribution < 1.29 is 4.79 Å². The van der Waals surface area contributed by atoms with Gasteiger partial charge in [-0.25, -0.2) is 0 Å². The van der Waals surface area contributed by atoms with Gasteiger partial charge in [-0.15, -0.1) is 11.8 Å². The summed E-state index contributed by atoms with van der Waals surface area (Å²) in [5.41, 5.74) is 1.81. The lowest BCUT2D eigenvalue weighted by Gasteiger charge is -2.03. The lowest BCUT2D eigenvalue weighted by molar-refractivity contribution is 0.0983. The molecule has 0 aliphatic carbocycles. The number of benzene rings is 1. The first kappa shape index (κ1) is 12.0. The second-order valence-electron chi connectivity index (χ2n) is 3.31. The molecule has 78 valence electrons. The second-order valence-corrected chi connectivity index (χ2v) is 4.22. The van der Waals surface area contributed by atoms with Crippen LogP contribution in [0.1, 0.15) is 35.7 Å². The van der Waals surface area contributed by atoms with E-state index in [9.17, 15) is 4.79 Å². The number of carbonyl (C=O) groups excluding carboxylic acids is 1. The van der Waals surface area contributed by atoms with E-state index in [1.807, 2.05) is 25.1 Å². The van der Waals surface area contributed by atoms with E-state index in [0.717, 1.165) is 15.6 Å². The molecule has 1 aromatic rings. The van der Waals surface area contributed by atoms with Crippen LogP contribution in [0.3, 0.4) is 0 Å². The Morgan fingerprint density at radius 1 is 1.47 bits per heavy atom. The molecule has 0 fully saturated rings. The molecule has 1 rings (SSSR count). The van der Waals surface area contributed by atoms with Crippen LogP contribution in [0.15, 0.2) is 22.7 Å². The number of ketones is 1. The maximum absolute atomic E-state index is 11.8. The molecule has 15 heavy (non-hydrogen) atoms. The maximum Gasteiger partial charge on any atom is 0.164 e. The molecule has 0 saturated heterocycles. The lowest BCUT2D eigenvalue weighted by Crippen LogP contribution is -2.00. The maximum atomic E-state index is 11.8. The third-order valence-corrected chi connectivity index (χ3v) is 2.64. The van der Waals surface area contributed by atoms with Gasteiger partial charge in [-0.2, -0.15) is 0 Å². The van der Waals surface area contributed by atoms with E-state index in [-0.39, 0.29) is 5.78 Å². The van der Waals surface area contributed by atoms with Crippen LogP contribution in [0, 0.1) is 18.8 Å². The van der Waals surface area contributed by atoms with Crippen LogP contribution in [0.5, 0.6) is 0 Å². The van der Waals surface area contributed by atoms with E-state index >= 15 is 0 Å². The number of aryl methyl sites for hydroxylation is 1. The van der Waals surface area contributed by atoms with Crippen LogP contribution in [0.4, 0.5) is 0 Å². The van der Waals surface area contributed by atoms with Gasteiger partial charge in [-0.3, -0.25) is 4.79 Å². The van der Waals surface area contributed by atoms with E-state index in [2.05, 4.69) is 27.8 Å². The Bertz CT molecular complexity index is 424. The third-order valence-electron chi connectivity index (χ3n) is 2.14. The molecule has 0 atom stereocenters. The van der Waals surface area contributed by atoms with E-state index < -0.39 is 0 Å². The van der Waals surface area contributed by atoms with Gasteiger partial charge < -0.3 is 0 Å². The first-order chi connectivity index (χ1) is 7.15. The van der Waals surface area contributed by atoms with Gasteiger partial charge in [0.2, 0.25) is 0 Å². The zero-order valence-electron chi connectivity index (χ0n) is 8.93. The van der Waals surface area contributed by atoms with Crippen molar-refractivity contribution in [2.75, 3.05) is 0 Å². The van der Waals surface area contributed by atoms with Gasteiger partial charge in [0.05, 0.1) is 0 Å². The van der Waals surface area contributed by atoms with Crippen LogP contribution < -0.4 is 0 Å². The minimum atomic E-state index is 0.169. The molecule has 0 aliphatic heterocycles. The van der Waals surface area contributed by atoms with Crippen LogP contribution in [-0.2, 0) is 0 Å². The highest BCUT2D eigenvalue weighted by molar-refractivity contribution is 9.10. The molecular formula is C13H13BrO. The van der Waals surface area contributed by atoms with Crippen molar-refractivity contribution in [1.82, 2.24) is 0 Å². The van der Waals surface area contributed by atoms with Crippen molar-refractivity contribution in [1.29, 1.82) is 0 Å². The fourth-order valence-corrected chi connectivity index (χ4v) is 1.85. The van der Waals surface area contributed by atoms with Crippen LogP contribution in [-0.4, -0.2) is 5.78 Å². The van der Waals surface area contributed by atoms with Crippen molar-refractivity contribution in [3.8, 4) is 11.8 Å². The highest BCUT2D eigenvalue weighted by Gasteiger charge is 2.07. The average molecular weight is 265 g/mol. The van der Waals surface area contributed by atoms with E-state index in [1.165, 1.54) is 0 Å². The molecule has 0 unspecified atom stereocenters. The summed E-state index contributed by atoms with van der Waals surface area (Å²) < 4.78 is 1.00. The first-order valence-corrected chi connectivity index (χ1v) is 5.63. The normalized spacial score (nSPS) is 9.27. The van der Waals surface area contributed by atoms with E-state index in [1.54, 1.807) is 6.92 Å². The van der Waals surface area contributed by atoms with Crippen molar-refractivity contribution in [2.24, 2.45) is 0 Å². The lowest BCUT2D eigenvalue weighted by atomic mass is 10.0. The Kier molecular flexibility index (Phi) is 4.58. The summed E-state index contributed by atoms with van der Waals surface area (Å²) in [4.78, 5) is 11.8. The van der Waals surface area contributed by atoms with Crippen molar-refractivity contribution in [2.45, 2.75) is 26.7 Å². The Balaban J connectivity index is 2.76. The zero-order valence-corrected chi connectivity index (χ0v) is 10.5. The number of rotatable bonds is 3.